The van der Waals surface area contributed by atoms with Crippen LogP contribution in [0.5, 0.6) is 5.75 Å². The molecule has 2 aromatic rings. The Morgan fingerprint density at radius 3 is 2.48 bits per heavy atom. The first-order valence-corrected chi connectivity index (χ1v) is 9.27. The average molecular weight is 365 g/mol. The monoisotopic (exact) mass is 365 g/mol. The van der Waals surface area contributed by atoms with Crippen LogP contribution in [0.2, 0.25) is 0 Å². The largest absolute Gasteiger partial charge is 0.481 e. The fraction of sp³-hybridized carbons (Fsp3) is 0.364. The highest BCUT2D eigenvalue weighted by Gasteiger charge is 2.43. The van der Waals surface area contributed by atoms with E-state index in [-0.39, 0.29) is 18.4 Å². The highest BCUT2D eigenvalue weighted by molar-refractivity contribution is 5.84. The van der Waals surface area contributed by atoms with Crippen molar-refractivity contribution in [1.82, 2.24) is 4.90 Å². The molecule has 1 amide bonds. The molecule has 0 saturated carbocycles. The fourth-order valence-corrected chi connectivity index (χ4v) is 4.13. The van der Waals surface area contributed by atoms with Crippen LogP contribution in [0, 0.1) is 19.8 Å². The second-order valence-corrected chi connectivity index (χ2v) is 7.56. The van der Waals surface area contributed by atoms with E-state index in [9.17, 15) is 14.7 Å². The zero-order valence-corrected chi connectivity index (χ0v) is 15.5. The van der Waals surface area contributed by atoms with Crippen molar-refractivity contribution in [2.45, 2.75) is 32.3 Å². The third-order valence-electron chi connectivity index (χ3n) is 5.80. The van der Waals surface area contributed by atoms with Crippen LogP contribution < -0.4 is 4.74 Å². The van der Waals surface area contributed by atoms with E-state index in [1.807, 2.05) is 50.2 Å². The van der Waals surface area contributed by atoms with Gasteiger partial charge in [0, 0.05) is 25.4 Å². The zero-order valence-electron chi connectivity index (χ0n) is 15.5. The Labute approximate surface area is 158 Å². The summed E-state index contributed by atoms with van der Waals surface area (Å²) >= 11 is 0. The molecular formula is C22H23NO4. The average Bonchev–Trinajstić information content (AvgIpc) is 3.27. The lowest BCUT2D eigenvalue weighted by molar-refractivity contribution is -0.142. The predicted molar refractivity (Wildman–Crippen MR) is 101 cm³/mol. The van der Waals surface area contributed by atoms with Crippen molar-refractivity contribution in [3.05, 3.63) is 64.7 Å². The van der Waals surface area contributed by atoms with Gasteiger partial charge in [-0.15, -0.1) is 0 Å². The zero-order chi connectivity index (χ0) is 19.1. The highest BCUT2D eigenvalue weighted by Crippen LogP contribution is 2.36. The summed E-state index contributed by atoms with van der Waals surface area (Å²) in [6.45, 7) is 4.71. The molecule has 0 bridgehead atoms. The Balaban J connectivity index is 1.52. The first-order valence-electron chi connectivity index (χ1n) is 9.27. The Morgan fingerprint density at radius 1 is 1.07 bits per heavy atom. The summed E-state index contributed by atoms with van der Waals surface area (Å²) < 4.78 is 5.91. The number of aliphatic carboxylic acids is 1. The van der Waals surface area contributed by atoms with E-state index in [2.05, 4.69) is 6.07 Å². The van der Waals surface area contributed by atoms with Gasteiger partial charge in [-0.1, -0.05) is 36.4 Å². The molecule has 5 nitrogen and oxygen atoms in total. The molecule has 0 aromatic heterocycles. The molecule has 1 N–H and O–H groups in total. The summed E-state index contributed by atoms with van der Waals surface area (Å²) in [6, 6.07) is 13.6. The summed E-state index contributed by atoms with van der Waals surface area (Å²) in [5, 5.41) is 9.64. The summed E-state index contributed by atoms with van der Waals surface area (Å²) in [4.78, 5) is 26.5. The van der Waals surface area contributed by atoms with Crippen LogP contribution in [0.25, 0.3) is 0 Å². The Morgan fingerprint density at radius 2 is 1.78 bits per heavy atom. The van der Waals surface area contributed by atoms with E-state index in [0.717, 1.165) is 22.4 Å². The van der Waals surface area contributed by atoms with E-state index in [1.54, 1.807) is 4.90 Å². The standard InChI is InChI=1S/C22H23NO4/c1-13-8-16-10-20(27-19(16)9-14(13)2)21(24)23-11-17(18(12-23)22(25)26)15-6-4-3-5-7-15/h3-9,17-18,20H,10-12H2,1-2H3,(H,25,26)/t17-,18-,20?/m0/s1. The van der Waals surface area contributed by atoms with Gasteiger partial charge in [0.05, 0.1) is 5.92 Å². The van der Waals surface area contributed by atoms with Crippen molar-refractivity contribution in [3.8, 4) is 5.75 Å². The Hall–Kier alpha value is -2.82. The van der Waals surface area contributed by atoms with E-state index in [1.165, 1.54) is 5.56 Å². The van der Waals surface area contributed by atoms with Crippen molar-refractivity contribution >= 4 is 11.9 Å². The lowest BCUT2D eigenvalue weighted by Crippen LogP contribution is -2.40. The van der Waals surface area contributed by atoms with Crippen LogP contribution in [0.4, 0.5) is 0 Å². The van der Waals surface area contributed by atoms with E-state index < -0.39 is 18.0 Å². The van der Waals surface area contributed by atoms with Crippen LogP contribution in [0.15, 0.2) is 42.5 Å². The van der Waals surface area contributed by atoms with Gasteiger partial charge in [0.1, 0.15) is 5.75 Å². The Bertz CT molecular complexity index is 862. The van der Waals surface area contributed by atoms with Gasteiger partial charge >= 0.3 is 5.97 Å². The third-order valence-corrected chi connectivity index (χ3v) is 5.80. The third kappa shape index (κ3) is 3.18. The number of rotatable bonds is 3. The van der Waals surface area contributed by atoms with Gasteiger partial charge < -0.3 is 14.7 Å². The van der Waals surface area contributed by atoms with Gasteiger partial charge in [-0.05, 0) is 42.2 Å². The molecule has 1 unspecified atom stereocenters. The summed E-state index contributed by atoms with van der Waals surface area (Å²) in [5.41, 5.74) is 4.33. The molecule has 0 aliphatic carbocycles. The minimum Gasteiger partial charge on any atom is -0.481 e. The van der Waals surface area contributed by atoms with Gasteiger partial charge in [0.25, 0.3) is 5.91 Å². The number of amides is 1. The van der Waals surface area contributed by atoms with Crippen LogP contribution in [0.3, 0.4) is 0 Å². The molecule has 3 atom stereocenters. The molecule has 0 spiro atoms. The number of aryl methyl sites for hydroxylation is 2. The second-order valence-electron chi connectivity index (χ2n) is 7.56. The predicted octanol–water partition coefficient (Wildman–Crippen LogP) is 2.93. The minimum atomic E-state index is -0.860. The molecule has 2 heterocycles. The lowest BCUT2D eigenvalue weighted by atomic mass is 9.89. The van der Waals surface area contributed by atoms with Crippen molar-refractivity contribution < 1.29 is 19.4 Å². The van der Waals surface area contributed by atoms with Crippen molar-refractivity contribution in [2.75, 3.05) is 13.1 Å². The number of hydrogen-bond acceptors (Lipinski definition) is 3. The first-order chi connectivity index (χ1) is 12.9. The topological polar surface area (TPSA) is 66.8 Å². The molecule has 2 aliphatic heterocycles. The molecule has 5 heteroatoms. The van der Waals surface area contributed by atoms with Crippen LogP contribution in [-0.4, -0.2) is 41.1 Å². The van der Waals surface area contributed by atoms with Crippen LogP contribution >= 0.6 is 0 Å². The van der Waals surface area contributed by atoms with Crippen molar-refractivity contribution in [2.24, 2.45) is 5.92 Å². The maximum absolute atomic E-state index is 13.0. The number of benzene rings is 2. The number of nitrogens with zero attached hydrogens (tertiary/aromatic N) is 1. The molecular weight excluding hydrogens is 342 g/mol. The maximum atomic E-state index is 13.0. The van der Waals surface area contributed by atoms with Gasteiger partial charge in [-0.25, -0.2) is 0 Å². The Kier molecular flexibility index (Phi) is 4.38. The van der Waals surface area contributed by atoms with Crippen LogP contribution in [0.1, 0.15) is 28.2 Å². The number of carboxylic acid groups (broad SMARTS) is 1. The van der Waals surface area contributed by atoms with Gasteiger partial charge in [0.2, 0.25) is 0 Å². The number of ether oxygens (including phenoxy) is 1. The highest BCUT2D eigenvalue weighted by atomic mass is 16.5. The molecule has 27 heavy (non-hydrogen) atoms. The quantitative estimate of drug-likeness (QED) is 0.908. The lowest BCUT2D eigenvalue weighted by Gasteiger charge is -2.20. The number of carbonyl (C=O) groups is 2. The first kappa shape index (κ1) is 17.6. The number of likely N-dealkylation sites (tertiary alicyclic amines) is 1. The number of carbonyl (C=O) groups excluding carboxylic acids is 1. The van der Waals surface area contributed by atoms with Crippen molar-refractivity contribution in [3.63, 3.8) is 0 Å². The van der Waals surface area contributed by atoms with Gasteiger partial charge in [0.15, 0.2) is 6.10 Å². The van der Waals surface area contributed by atoms with E-state index in [4.69, 9.17) is 4.74 Å². The summed E-state index contributed by atoms with van der Waals surface area (Å²) in [7, 11) is 0. The van der Waals surface area contributed by atoms with E-state index in [0.29, 0.717) is 13.0 Å². The number of fused-ring (bicyclic) bond motifs is 1. The molecule has 140 valence electrons. The second kappa shape index (κ2) is 6.72. The van der Waals surface area contributed by atoms with E-state index >= 15 is 0 Å². The SMILES string of the molecule is Cc1cc2c(cc1C)OC(C(=O)N1C[C@H](C(=O)O)[C@H](c3ccccc3)C1)C2. The molecule has 2 aromatic carbocycles. The maximum Gasteiger partial charge on any atom is 0.308 e. The molecule has 4 rings (SSSR count). The van der Waals surface area contributed by atoms with Gasteiger partial charge in [-0.2, -0.15) is 0 Å². The molecule has 1 saturated heterocycles. The van der Waals surface area contributed by atoms with Gasteiger partial charge in [-0.3, -0.25) is 9.59 Å². The summed E-state index contributed by atoms with van der Waals surface area (Å²) in [5.74, 6) is -0.997. The minimum absolute atomic E-state index is 0.119. The number of hydrogen-bond donors (Lipinski definition) is 1. The van der Waals surface area contributed by atoms with Crippen molar-refractivity contribution in [1.29, 1.82) is 0 Å². The number of carboxylic acids is 1. The molecule has 0 radical (unpaired) electrons. The normalized spacial score (nSPS) is 23.8. The summed E-state index contributed by atoms with van der Waals surface area (Å²) in [6.07, 6.45) is -0.0235. The molecule has 1 fully saturated rings. The fourth-order valence-electron chi connectivity index (χ4n) is 4.13. The smallest absolute Gasteiger partial charge is 0.308 e. The van der Waals surface area contributed by atoms with Crippen LogP contribution in [-0.2, 0) is 16.0 Å². The molecule has 2 aliphatic rings.